The van der Waals surface area contributed by atoms with Crippen LogP contribution in [-0.4, -0.2) is 37.0 Å². The van der Waals surface area contributed by atoms with Crippen molar-refractivity contribution in [2.75, 3.05) is 13.6 Å². The van der Waals surface area contributed by atoms with Crippen LogP contribution in [-0.2, 0) is 10.0 Å². The summed E-state index contributed by atoms with van der Waals surface area (Å²) < 4.78 is 26.2. The van der Waals surface area contributed by atoms with Gasteiger partial charge in [-0.3, -0.25) is 0 Å². The number of aliphatic hydroxyl groups is 1. The number of rotatable bonds is 4. The quantitative estimate of drug-likeness (QED) is 0.918. The first-order valence-corrected chi connectivity index (χ1v) is 8.58. The van der Waals surface area contributed by atoms with Crippen LogP contribution in [0.3, 0.4) is 0 Å². The van der Waals surface area contributed by atoms with Crippen LogP contribution < -0.4 is 0 Å². The van der Waals surface area contributed by atoms with Crippen molar-refractivity contribution in [1.82, 2.24) is 4.31 Å². The molecule has 0 aromatic heterocycles. The Morgan fingerprint density at radius 1 is 1.30 bits per heavy atom. The smallest absolute Gasteiger partial charge is 0.244 e. The van der Waals surface area contributed by atoms with Crippen molar-refractivity contribution in [3.63, 3.8) is 0 Å². The Morgan fingerprint density at radius 3 is 2.50 bits per heavy atom. The molecule has 0 atom stereocenters. The van der Waals surface area contributed by atoms with Crippen LogP contribution in [0.15, 0.2) is 23.1 Å². The fourth-order valence-corrected chi connectivity index (χ4v) is 4.52. The van der Waals surface area contributed by atoms with Crippen molar-refractivity contribution in [2.45, 2.75) is 36.2 Å². The summed E-state index contributed by atoms with van der Waals surface area (Å²) in [4.78, 5) is -0.0317. The molecule has 4 nitrogen and oxygen atoms in total. The molecule has 0 spiro atoms. The maximum Gasteiger partial charge on any atom is 0.244 e. The summed E-state index contributed by atoms with van der Waals surface area (Å²) in [5.74, 6) is 0. The van der Waals surface area contributed by atoms with E-state index in [1.165, 1.54) is 25.2 Å². The largest absolute Gasteiger partial charge is 0.389 e. The highest BCUT2D eigenvalue weighted by Gasteiger charge is 2.36. The predicted octanol–water partition coefficient (Wildman–Crippen LogP) is 2.92. The molecule has 112 valence electrons. The predicted molar refractivity (Wildman–Crippen MR) is 79.7 cm³/mol. The van der Waals surface area contributed by atoms with Crippen molar-refractivity contribution in [3.8, 4) is 0 Å². The van der Waals surface area contributed by atoms with Gasteiger partial charge in [-0.2, -0.15) is 4.31 Å². The number of benzene rings is 1. The maximum atomic E-state index is 12.5. The van der Waals surface area contributed by atoms with Crippen molar-refractivity contribution in [3.05, 3.63) is 28.2 Å². The number of hydrogen-bond acceptors (Lipinski definition) is 3. The first-order chi connectivity index (χ1) is 9.24. The van der Waals surface area contributed by atoms with E-state index in [9.17, 15) is 13.5 Å². The summed E-state index contributed by atoms with van der Waals surface area (Å²) in [5, 5.41) is 10.8. The number of hydrogen-bond donors (Lipinski definition) is 1. The molecule has 0 unspecified atom stereocenters. The molecular weight excluding hydrogens is 321 g/mol. The lowest BCUT2D eigenvalue weighted by molar-refractivity contribution is 0.0333. The molecule has 7 heteroatoms. The van der Waals surface area contributed by atoms with Crippen molar-refractivity contribution in [1.29, 1.82) is 0 Å². The first kappa shape index (κ1) is 16.0. The second-order valence-corrected chi connectivity index (χ2v) is 8.12. The number of nitrogens with zero attached hydrogens (tertiary/aromatic N) is 1. The van der Waals surface area contributed by atoms with Crippen LogP contribution in [0.1, 0.15) is 25.7 Å². The third-order valence-corrected chi connectivity index (χ3v) is 6.15. The van der Waals surface area contributed by atoms with Crippen molar-refractivity contribution >= 4 is 33.2 Å². The Morgan fingerprint density at radius 2 is 1.90 bits per heavy atom. The number of halogens is 2. The molecule has 0 bridgehead atoms. The van der Waals surface area contributed by atoms with Gasteiger partial charge >= 0.3 is 0 Å². The Hall–Kier alpha value is -0.330. The third-order valence-electron chi connectivity index (χ3n) is 3.63. The highest BCUT2D eigenvalue weighted by molar-refractivity contribution is 7.89. The van der Waals surface area contributed by atoms with Gasteiger partial charge in [0.2, 0.25) is 10.0 Å². The summed E-state index contributed by atoms with van der Waals surface area (Å²) in [6.07, 6.45) is 3.08. The van der Waals surface area contributed by atoms with Gasteiger partial charge in [0.05, 0.1) is 10.6 Å². The second kappa shape index (κ2) is 5.81. The van der Waals surface area contributed by atoms with E-state index in [-0.39, 0.29) is 16.5 Å². The van der Waals surface area contributed by atoms with E-state index in [1.54, 1.807) is 0 Å². The zero-order valence-corrected chi connectivity index (χ0v) is 13.5. The van der Waals surface area contributed by atoms with Gasteiger partial charge in [-0.15, -0.1) is 0 Å². The van der Waals surface area contributed by atoms with Gasteiger partial charge in [-0.1, -0.05) is 36.0 Å². The van der Waals surface area contributed by atoms with E-state index < -0.39 is 15.6 Å². The minimum atomic E-state index is -3.76. The van der Waals surface area contributed by atoms with Crippen LogP contribution in [0.4, 0.5) is 0 Å². The van der Waals surface area contributed by atoms with Crippen LogP contribution in [0.25, 0.3) is 0 Å². The Bertz CT molecular complexity index is 598. The normalized spacial score (nSPS) is 18.6. The molecule has 1 aliphatic rings. The Balaban J connectivity index is 2.27. The van der Waals surface area contributed by atoms with Gasteiger partial charge in [0.1, 0.15) is 4.90 Å². The first-order valence-electron chi connectivity index (χ1n) is 6.38. The molecular formula is C13H17Cl2NO3S. The lowest BCUT2D eigenvalue weighted by atomic mass is 10.0. The zero-order chi connectivity index (χ0) is 15.0. The average molecular weight is 338 g/mol. The highest BCUT2D eigenvalue weighted by atomic mass is 35.5. The van der Waals surface area contributed by atoms with E-state index in [1.807, 2.05) is 0 Å². The average Bonchev–Trinajstić information content (AvgIpc) is 2.78. The van der Waals surface area contributed by atoms with Gasteiger partial charge in [0.25, 0.3) is 0 Å². The van der Waals surface area contributed by atoms with E-state index in [2.05, 4.69) is 0 Å². The molecule has 1 aromatic rings. The van der Waals surface area contributed by atoms with E-state index in [4.69, 9.17) is 23.2 Å². The van der Waals surface area contributed by atoms with Crippen LogP contribution in [0.5, 0.6) is 0 Å². The molecule has 1 N–H and O–H groups in total. The number of likely N-dealkylation sites (N-methyl/N-ethyl adjacent to an activating group) is 1. The number of sulfonamides is 1. The molecule has 0 aliphatic heterocycles. The van der Waals surface area contributed by atoms with E-state index in [0.29, 0.717) is 17.9 Å². The van der Waals surface area contributed by atoms with Gasteiger partial charge in [-0.25, -0.2) is 8.42 Å². The van der Waals surface area contributed by atoms with Gasteiger partial charge < -0.3 is 5.11 Å². The van der Waals surface area contributed by atoms with Crippen LogP contribution in [0, 0.1) is 0 Å². The summed E-state index contributed by atoms with van der Waals surface area (Å²) >= 11 is 11.8. The minimum Gasteiger partial charge on any atom is -0.389 e. The monoisotopic (exact) mass is 337 g/mol. The fourth-order valence-electron chi connectivity index (χ4n) is 2.53. The summed E-state index contributed by atoms with van der Waals surface area (Å²) in [6, 6.07) is 4.32. The molecule has 1 fully saturated rings. The standard InChI is InChI=1S/C13H17Cl2NO3S/c1-16(9-13(17)6-2-3-7-13)20(18,19)12-8-10(14)4-5-11(12)15/h4-5,8,17H,2-3,6-7,9H2,1H3. The molecule has 1 saturated carbocycles. The van der Waals surface area contributed by atoms with Gasteiger partial charge in [-0.05, 0) is 31.0 Å². The summed E-state index contributed by atoms with van der Waals surface area (Å²) in [7, 11) is -2.31. The molecule has 1 aromatic carbocycles. The molecule has 1 aliphatic carbocycles. The fraction of sp³-hybridized carbons (Fsp3) is 0.538. The minimum absolute atomic E-state index is 0.0317. The molecule has 20 heavy (non-hydrogen) atoms. The van der Waals surface area contributed by atoms with Crippen molar-refractivity contribution in [2.24, 2.45) is 0 Å². The SMILES string of the molecule is CN(CC1(O)CCCC1)S(=O)(=O)c1cc(Cl)ccc1Cl. The van der Waals surface area contributed by atoms with Crippen molar-refractivity contribution < 1.29 is 13.5 Å². The van der Waals surface area contributed by atoms with Gasteiger partial charge in [0.15, 0.2) is 0 Å². The lowest BCUT2D eigenvalue weighted by Gasteiger charge is -2.28. The molecule has 0 heterocycles. The van der Waals surface area contributed by atoms with E-state index >= 15 is 0 Å². The maximum absolute atomic E-state index is 12.5. The Labute approximate surface area is 129 Å². The molecule has 2 rings (SSSR count). The summed E-state index contributed by atoms with van der Waals surface area (Å²) in [5.41, 5.74) is -0.938. The topological polar surface area (TPSA) is 57.6 Å². The van der Waals surface area contributed by atoms with Gasteiger partial charge in [0, 0.05) is 18.6 Å². The third kappa shape index (κ3) is 3.28. The lowest BCUT2D eigenvalue weighted by Crippen LogP contribution is -2.42. The van der Waals surface area contributed by atoms with Crippen LogP contribution >= 0.6 is 23.2 Å². The van der Waals surface area contributed by atoms with Crippen LogP contribution in [0.2, 0.25) is 10.0 Å². The highest BCUT2D eigenvalue weighted by Crippen LogP contribution is 2.33. The van der Waals surface area contributed by atoms with E-state index in [0.717, 1.165) is 17.1 Å². The second-order valence-electron chi connectivity index (χ2n) is 5.27. The molecule has 0 amide bonds. The molecule has 0 saturated heterocycles. The molecule has 0 radical (unpaired) electrons. The zero-order valence-electron chi connectivity index (χ0n) is 11.1. The summed E-state index contributed by atoms with van der Waals surface area (Å²) in [6.45, 7) is 0.0676. The Kier molecular flexibility index (Phi) is 4.66.